The highest BCUT2D eigenvalue weighted by atomic mass is 16.5. The van der Waals surface area contributed by atoms with Gasteiger partial charge < -0.3 is 14.8 Å². The van der Waals surface area contributed by atoms with Crippen LogP contribution in [0.3, 0.4) is 0 Å². The summed E-state index contributed by atoms with van der Waals surface area (Å²) in [6.45, 7) is 1.07. The Balaban J connectivity index is 1.40. The summed E-state index contributed by atoms with van der Waals surface area (Å²) in [4.78, 5) is 20.7. The second kappa shape index (κ2) is 6.43. The summed E-state index contributed by atoms with van der Waals surface area (Å²) in [6.07, 6.45) is 5.97. The molecular weight excluding hydrogens is 320 g/mol. The fourth-order valence-electron chi connectivity index (χ4n) is 3.02. The standard InChI is InChI=1S/C18H18N4O3/c1-24-15-5-2-4-13-8-12(11-25-16(13)15)9-20-17(23)14-10-22-7-3-6-19-18(22)21-14/h2-7,10,12H,8-9,11H2,1H3,(H,20,23). The topological polar surface area (TPSA) is 77.8 Å². The van der Waals surface area contributed by atoms with Gasteiger partial charge in [0.2, 0.25) is 5.78 Å². The molecule has 4 rings (SSSR count). The fourth-order valence-corrected chi connectivity index (χ4v) is 3.02. The minimum atomic E-state index is -0.207. The zero-order chi connectivity index (χ0) is 17.2. The maximum atomic E-state index is 12.3. The molecule has 128 valence electrons. The number of rotatable bonds is 4. The molecule has 1 unspecified atom stereocenters. The molecule has 0 spiro atoms. The lowest BCUT2D eigenvalue weighted by Crippen LogP contribution is -2.35. The van der Waals surface area contributed by atoms with Crippen LogP contribution in [-0.2, 0) is 6.42 Å². The molecule has 1 amide bonds. The normalized spacial score (nSPS) is 16.1. The van der Waals surface area contributed by atoms with Crippen molar-refractivity contribution in [2.45, 2.75) is 6.42 Å². The van der Waals surface area contributed by atoms with E-state index in [1.54, 1.807) is 30.0 Å². The van der Waals surface area contributed by atoms with Gasteiger partial charge in [0.15, 0.2) is 11.5 Å². The Morgan fingerprint density at radius 1 is 1.44 bits per heavy atom. The predicted molar refractivity (Wildman–Crippen MR) is 91.0 cm³/mol. The van der Waals surface area contributed by atoms with E-state index in [2.05, 4.69) is 15.3 Å². The third-order valence-corrected chi connectivity index (χ3v) is 4.27. The maximum absolute atomic E-state index is 12.3. The number of hydrogen-bond donors (Lipinski definition) is 1. The van der Waals surface area contributed by atoms with Gasteiger partial charge in [-0.15, -0.1) is 0 Å². The molecule has 1 aromatic carbocycles. The van der Waals surface area contributed by atoms with Gasteiger partial charge in [0.05, 0.1) is 13.7 Å². The lowest BCUT2D eigenvalue weighted by Gasteiger charge is -2.26. The number of nitrogens with one attached hydrogen (secondary N) is 1. The summed E-state index contributed by atoms with van der Waals surface area (Å²) in [7, 11) is 1.63. The predicted octanol–water partition coefficient (Wildman–Crippen LogP) is 1.72. The summed E-state index contributed by atoms with van der Waals surface area (Å²) in [5.41, 5.74) is 1.46. The molecule has 0 radical (unpaired) electrons. The van der Waals surface area contributed by atoms with Crippen molar-refractivity contribution in [3.8, 4) is 11.5 Å². The summed E-state index contributed by atoms with van der Waals surface area (Å²) in [5, 5.41) is 2.94. The van der Waals surface area contributed by atoms with Crippen LogP contribution in [0.15, 0.2) is 42.9 Å². The Morgan fingerprint density at radius 2 is 2.36 bits per heavy atom. The second-order valence-corrected chi connectivity index (χ2v) is 5.99. The molecular formula is C18H18N4O3. The number of fused-ring (bicyclic) bond motifs is 2. The lowest BCUT2D eigenvalue weighted by atomic mass is 9.96. The van der Waals surface area contributed by atoms with Crippen molar-refractivity contribution < 1.29 is 14.3 Å². The van der Waals surface area contributed by atoms with Crippen molar-refractivity contribution >= 4 is 11.7 Å². The van der Waals surface area contributed by atoms with E-state index in [0.717, 1.165) is 23.5 Å². The highest BCUT2D eigenvalue weighted by Gasteiger charge is 2.23. The summed E-state index contributed by atoms with van der Waals surface area (Å²) < 4.78 is 12.9. The highest BCUT2D eigenvalue weighted by molar-refractivity contribution is 5.92. The van der Waals surface area contributed by atoms with Crippen LogP contribution in [0, 0.1) is 5.92 Å². The molecule has 1 aliphatic rings. The Bertz CT molecular complexity index is 889. The van der Waals surface area contributed by atoms with Crippen LogP contribution in [0.1, 0.15) is 16.1 Å². The molecule has 0 fully saturated rings. The first-order valence-electron chi connectivity index (χ1n) is 8.11. The number of methoxy groups -OCH3 is 1. The van der Waals surface area contributed by atoms with Gasteiger partial charge in [0, 0.05) is 31.1 Å². The van der Waals surface area contributed by atoms with Crippen molar-refractivity contribution in [3.05, 3.63) is 54.1 Å². The number of aromatic nitrogens is 3. The summed E-state index contributed by atoms with van der Waals surface area (Å²) in [5.74, 6) is 2.06. The van der Waals surface area contributed by atoms with Gasteiger partial charge in [-0.1, -0.05) is 12.1 Å². The number of carbonyl (C=O) groups is 1. The van der Waals surface area contributed by atoms with E-state index in [1.807, 2.05) is 24.4 Å². The van der Waals surface area contributed by atoms with Crippen LogP contribution in [0.4, 0.5) is 0 Å². The molecule has 0 saturated heterocycles. The van der Waals surface area contributed by atoms with Crippen LogP contribution in [0.5, 0.6) is 11.5 Å². The number of hydrogen-bond acceptors (Lipinski definition) is 5. The Labute approximate surface area is 144 Å². The number of carbonyl (C=O) groups excluding carboxylic acids is 1. The van der Waals surface area contributed by atoms with Gasteiger partial charge in [0.25, 0.3) is 5.91 Å². The maximum Gasteiger partial charge on any atom is 0.271 e. The summed E-state index contributed by atoms with van der Waals surface area (Å²) in [6, 6.07) is 7.66. The molecule has 0 bridgehead atoms. The van der Waals surface area contributed by atoms with E-state index in [1.165, 1.54) is 0 Å². The Hall–Kier alpha value is -3.09. The van der Waals surface area contributed by atoms with E-state index >= 15 is 0 Å². The minimum Gasteiger partial charge on any atom is -0.493 e. The van der Waals surface area contributed by atoms with E-state index in [0.29, 0.717) is 24.6 Å². The quantitative estimate of drug-likeness (QED) is 0.784. The van der Waals surface area contributed by atoms with Crippen LogP contribution < -0.4 is 14.8 Å². The largest absolute Gasteiger partial charge is 0.493 e. The zero-order valence-electron chi connectivity index (χ0n) is 13.8. The number of para-hydroxylation sites is 1. The molecule has 2 aromatic heterocycles. The highest BCUT2D eigenvalue weighted by Crippen LogP contribution is 2.35. The van der Waals surface area contributed by atoms with Gasteiger partial charge in [-0.25, -0.2) is 9.97 Å². The van der Waals surface area contributed by atoms with Gasteiger partial charge >= 0.3 is 0 Å². The molecule has 25 heavy (non-hydrogen) atoms. The van der Waals surface area contributed by atoms with Crippen molar-refractivity contribution in [1.29, 1.82) is 0 Å². The van der Waals surface area contributed by atoms with Crippen LogP contribution in [-0.4, -0.2) is 40.5 Å². The number of benzene rings is 1. The monoisotopic (exact) mass is 338 g/mol. The fraction of sp³-hybridized carbons (Fsp3) is 0.278. The molecule has 0 saturated carbocycles. The summed E-state index contributed by atoms with van der Waals surface area (Å²) >= 11 is 0. The molecule has 1 atom stereocenters. The van der Waals surface area contributed by atoms with Gasteiger partial charge in [-0.3, -0.25) is 9.20 Å². The minimum absolute atomic E-state index is 0.207. The number of nitrogens with zero attached hydrogens (tertiary/aromatic N) is 3. The van der Waals surface area contributed by atoms with Crippen molar-refractivity contribution in [2.24, 2.45) is 5.92 Å². The lowest BCUT2D eigenvalue weighted by molar-refractivity contribution is 0.0934. The molecule has 7 heteroatoms. The van der Waals surface area contributed by atoms with Crippen LogP contribution >= 0.6 is 0 Å². The zero-order valence-corrected chi connectivity index (χ0v) is 13.8. The number of ether oxygens (including phenoxy) is 2. The van der Waals surface area contributed by atoms with E-state index in [4.69, 9.17) is 9.47 Å². The molecule has 0 aliphatic carbocycles. The van der Waals surface area contributed by atoms with Gasteiger partial charge in [-0.05, 0) is 24.1 Å². The van der Waals surface area contributed by atoms with Crippen molar-refractivity contribution in [1.82, 2.24) is 19.7 Å². The van der Waals surface area contributed by atoms with E-state index < -0.39 is 0 Å². The van der Waals surface area contributed by atoms with E-state index in [9.17, 15) is 4.79 Å². The average molecular weight is 338 g/mol. The van der Waals surface area contributed by atoms with E-state index in [-0.39, 0.29) is 11.8 Å². The number of imidazole rings is 1. The molecule has 1 N–H and O–H groups in total. The average Bonchev–Trinajstić information content (AvgIpc) is 3.09. The first-order valence-corrected chi connectivity index (χ1v) is 8.11. The number of amides is 1. The third-order valence-electron chi connectivity index (χ3n) is 4.27. The SMILES string of the molecule is COc1cccc2c1OCC(CNC(=O)c1cn3cccnc3n1)C2. The third kappa shape index (κ3) is 3.00. The van der Waals surface area contributed by atoms with Crippen LogP contribution in [0.2, 0.25) is 0 Å². The van der Waals surface area contributed by atoms with Crippen LogP contribution in [0.25, 0.3) is 5.78 Å². The Kier molecular flexibility index (Phi) is 3.97. The Morgan fingerprint density at radius 3 is 3.20 bits per heavy atom. The smallest absolute Gasteiger partial charge is 0.271 e. The second-order valence-electron chi connectivity index (χ2n) is 5.99. The van der Waals surface area contributed by atoms with Gasteiger partial charge in [-0.2, -0.15) is 0 Å². The van der Waals surface area contributed by atoms with Gasteiger partial charge in [0.1, 0.15) is 5.69 Å². The molecule has 3 aromatic rings. The molecule has 7 nitrogen and oxygen atoms in total. The first kappa shape index (κ1) is 15.4. The van der Waals surface area contributed by atoms with Crippen molar-refractivity contribution in [3.63, 3.8) is 0 Å². The van der Waals surface area contributed by atoms with Crippen molar-refractivity contribution in [2.75, 3.05) is 20.3 Å². The first-order chi connectivity index (χ1) is 12.2. The molecule has 3 heterocycles. The molecule has 1 aliphatic heterocycles.